The first-order valence-corrected chi connectivity index (χ1v) is 11.9. The van der Waals surface area contributed by atoms with E-state index in [0.717, 1.165) is 41.0 Å². The number of carbonyl (C=O) groups is 2. The summed E-state index contributed by atoms with van der Waals surface area (Å²) in [7, 11) is 0. The Morgan fingerprint density at radius 1 is 0.971 bits per heavy atom. The first-order chi connectivity index (χ1) is 17.0. The lowest BCUT2D eigenvalue weighted by Crippen LogP contribution is -2.39. The van der Waals surface area contributed by atoms with Crippen LogP contribution in [0.5, 0.6) is 0 Å². The number of anilines is 1. The number of piperidine rings is 1. The number of fused-ring (bicyclic) bond motifs is 1. The molecule has 1 aliphatic heterocycles. The van der Waals surface area contributed by atoms with Crippen molar-refractivity contribution in [2.75, 3.05) is 18.4 Å². The van der Waals surface area contributed by atoms with Crippen LogP contribution in [0.3, 0.4) is 0 Å². The van der Waals surface area contributed by atoms with E-state index in [1.54, 1.807) is 18.6 Å². The molecule has 0 spiro atoms. The molecule has 0 saturated carbocycles. The lowest BCUT2D eigenvalue weighted by molar-refractivity contribution is -0.117. The fraction of sp³-hybridized carbons (Fsp3) is 0.296. The predicted octanol–water partition coefficient (Wildman–Crippen LogP) is 4.06. The van der Waals surface area contributed by atoms with Crippen molar-refractivity contribution < 1.29 is 9.59 Å². The van der Waals surface area contributed by atoms with Crippen LogP contribution in [0.25, 0.3) is 11.0 Å². The molecule has 2 aromatic carbocycles. The van der Waals surface area contributed by atoms with Gasteiger partial charge in [0, 0.05) is 62.1 Å². The molecule has 2 amide bonds. The van der Waals surface area contributed by atoms with Crippen LogP contribution in [0, 0.1) is 12.8 Å². The molecule has 8 nitrogen and oxygen atoms in total. The molecule has 0 aliphatic carbocycles. The molecule has 1 N–H and O–H groups in total. The summed E-state index contributed by atoms with van der Waals surface area (Å²) in [6, 6.07) is 13.3. The largest absolute Gasteiger partial charge is 0.339 e. The Balaban J connectivity index is 1.13. The fourth-order valence-electron chi connectivity index (χ4n) is 4.61. The molecule has 1 aliphatic rings. The molecule has 2 aromatic heterocycles. The summed E-state index contributed by atoms with van der Waals surface area (Å²) in [6.45, 7) is 3.98. The highest BCUT2D eigenvalue weighted by Crippen LogP contribution is 2.23. The summed E-state index contributed by atoms with van der Waals surface area (Å²) >= 11 is 0. The van der Waals surface area contributed by atoms with Gasteiger partial charge in [0.1, 0.15) is 5.82 Å². The number of imidazole rings is 1. The third-order valence-electron chi connectivity index (χ3n) is 6.58. The van der Waals surface area contributed by atoms with Crippen molar-refractivity contribution in [2.45, 2.75) is 32.7 Å². The van der Waals surface area contributed by atoms with Crippen LogP contribution >= 0.6 is 0 Å². The molecule has 178 valence electrons. The third kappa shape index (κ3) is 5.37. The second-order valence-electron chi connectivity index (χ2n) is 9.05. The van der Waals surface area contributed by atoms with Gasteiger partial charge >= 0.3 is 0 Å². The SMILES string of the molecule is Cc1nccn1Cc1cccc(C(=O)N2CCC(CC(=O)Nc3ccc4nccnc4c3)CC2)c1. The van der Waals surface area contributed by atoms with Crippen molar-refractivity contribution in [1.29, 1.82) is 0 Å². The van der Waals surface area contributed by atoms with Gasteiger partial charge in [-0.1, -0.05) is 12.1 Å². The van der Waals surface area contributed by atoms with Gasteiger partial charge < -0.3 is 14.8 Å². The van der Waals surface area contributed by atoms with Crippen molar-refractivity contribution in [3.63, 3.8) is 0 Å². The first-order valence-electron chi connectivity index (χ1n) is 11.9. The molecule has 1 fully saturated rings. The van der Waals surface area contributed by atoms with Gasteiger partial charge in [0.05, 0.1) is 11.0 Å². The van der Waals surface area contributed by atoms with Crippen molar-refractivity contribution in [3.05, 3.63) is 84.2 Å². The quantitative estimate of drug-likeness (QED) is 0.461. The average Bonchev–Trinajstić information content (AvgIpc) is 3.28. The Bertz CT molecular complexity index is 1360. The van der Waals surface area contributed by atoms with E-state index in [2.05, 4.69) is 24.8 Å². The Morgan fingerprint density at radius 3 is 2.54 bits per heavy atom. The number of carbonyl (C=O) groups excluding carboxylic acids is 2. The molecule has 5 rings (SSSR count). The van der Waals surface area contributed by atoms with Crippen LogP contribution < -0.4 is 5.32 Å². The molecule has 3 heterocycles. The molecule has 0 bridgehead atoms. The minimum absolute atomic E-state index is 0.0134. The summed E-state index contributed by atoms with van der Waals surface area (Å²) in [4.78, 5) is 40.4. The molecule has 0 radical (unpaired) electrons. The molecule has 0 atom stereocenters. The zero-order chi connectivity index (χ0) is 24.2. The minimum atomic E-state index is -0.0134. The summed E-state index contributed by atoms with van der Waals surface area (Å²) in [5.74, 6) is 1.24. The normalized spacial score (nSPS) is 14.3. The standard InChI is InChI=1S/C27H28N6O2/c1-19-28-11-14-33(19)18-21-3-2-4-22(15-21)27(35)32-12-7-20(8-13-32)16-26(34)31-23-5-6-24-25(17-23)30-10-9-29-24/h2-6,9-11,14-15,17,20H,7-8,12-13,16,18H2,1H3,(H,31,34). The molecule has 35 heavy (non-hydrogen) atoms. The number of hydrogen-bond acceptors (Lipinski definition) is 5. The predicted molar refractivity (Wildman–Crippen MR) is 134 cm³/mol. The van der Waals surface area contributed by atoms with E-state index in [-0.39, 0.29) is 17.7 Å². The number of benzene rings is 2. The average molecular weight is 469 g/mol. The molecule has 0 unspecified atom stereocenters. The minimum Gasteiger partial charge on any atom is -0.339 e. The highest BCUT2D eigenvalue weighted by Gasteiger charge is 2.25. The van der Waals surface area contributed by atoms with Crippen LogP contribution in [0.4, 0.5) is 5.69 Å². The molecular weight excluding hydrogens is 440 g/mol. The maximum atomic E-state index is 13.1. The second-order valence-corrected chi connectivity index (χ2v) is 9.05. The summed E-state index contributed by atoms with van der Waals surface area (Å²) in [6.07, 6.45) is 9.09. The summed E-state index contributed by atoms with van der Waals surface area (Å²) < 4.78 is 2.06. The summed E-state index contributed by atoms with van der Waals surface area (Å²) in [5.41, 5.74) is 4.05. The van der Waals surface area contributed by atoms with Gasteiger partial charge in [-0.3, -0.25) is 19.6 Å². The first kappa shape index (κ1) is 22.7. The Hall–Kier alpha value is -4.07. The molecule has 1 saturated heterocycles. The fourth-order valence-corrected chi connectivity index (χ4v) is 4.61. The molecule has 4 aromatic rings. The maximum Gasteiger partial charge on any atom is 0.253 e. The van der Waals surface area contributed by atoms with Gasteiger partial charge in [-0.2, -0.15) is 0 Å². The number of amides is 2. The second kappa shape index (κ2) is 10.0. The van der Waals surface area contributed by atoms with E-state index in [1.165, 1.54) is 0 Å². The number of aryl methyl sites for hydroxylation is 1. The van der Waals surface area contributed by atoms with Crippen molar-refractivity contribution in [2.24, 2.45) is 5.92 Å². The Labute approximate surface area is 204 Å². The van der Waals surface area contributed by atoms with E-state index in [9.17, 15) is 9.59 Å². The van der Waals surface area contributed by atoms with Crippen molar-refractivity contribution in [1.82, 2.24) is 24.4 Å². The number of hydrogen-bond donors (Lipinski definition) is 1. The van der Waals surface area contributed by atoms with Crippen LogP contribution in [0.15, 0.2) is 67.3 Å². The van der Waals surface area contributed by atoms with Crippen LogP contribution in [-0.2, 0) is 11.3 Å². The van der Waals surface area contributed by atoms with Crippen molar-refractivity contribution >= 4 is 28.5 Å². The van der Waals surface area contributed by atoms with Crippen molar-refractivity contribution in [3.8, 4) is 0 Å². The summed E-state index contributed by atoms with van der Waals surface area (Å²) in [5, 5.41) is 2.98. The van der Waals surface area contributed by atoms with Gasteiger partial charge in [0.2, 0.25) is 5.91 Å². The van der Waals surface area contributed by atoms with Gasteiger partial charge in [-0.15, -0.1) is 0 Å². The van der Waals surface area contributed by atoms with Gasteiger partial charge in [0.25, 0.3) is 5.91 Å². The van der Waals surface area contributed by atoms with E-state index in [4.69, 9.17) is 0 Å². The zero-order valence-electron chi connectivity index (χ0n) is 19.7. The smallest absolute Gasteiger partial charge is 0.253 e. The van der Waals surface area contributed by atoms with Gasteiger partial charge in [-0.25, -0.2) is 4.98 Å². The van der Waals surface area contributed by atoms with E-state index < -0.39 is 0 Å². The number of likely N-dealkylation sites (tertiary alicyclic amines) is 1. The van der Waals surface area contributed by atoms with E-state index >= 15 is 0 Å². The monoisotopic (exact) mass is 468 g/mol. The highest BCUT2D eigenvalue weighted by molar-refractivity contribution is 5.95. The lowest BCUT2D eigenvalue weighted by Gasteiger charge is -2.32. The topological polar surface area (TPSA) is 93.0 Å². The van der Waals surface area contributed by atoms with Crippen LogP contribution in [-0.4, -0.2) is 49.3 Å². The number of nitrogens with zero attached hydrogens (tertiary/aromatic N) is 5. The van der Waals surface area contributed by atoms with E-state index in [0.29, 0.717) is 31.6 Å². The van der Waals surface area contributed by atoms with Crippen LogP contribution in [0.2, 0.25) is 0 Å². The van der Waals surface area contributed by atoms with Gasteiger partial charge in [0.15, 0.2) is 0 Å². The van der Waals surface area contributed by atoms with E-state index in [1.807, 2.05) is 60.5 Å². The number of rotatable bonds is 6. The maximum absolute atomic E-state index is 13.1. The number of nitrogens with one attached hydrogen (secondary N) is 1. The highest BCUT2D eigenvalue weighted by atomic mass is 16.2. The molecule has 8 heteroatoms. The van der Waals surface area contributed by atoms with Gasteiger partial charge in [-0.05, 0) is 61.6 Å². The molecular formula is C27H28N6O2. The van der Waals surface area contributed by atoms with Crippen LogP contribution in [0.1, 0.15) is 41.0 Å². The lowest BCUT2D eigenvalue weighted by atomic mass is 9.92. The Morgan fingerprint density at radius 2 is 1.77 bits per heavy atom. The zero-order valence-corrected chi connectivity index (χ0v) is 19.7. The Kier molecular flexibility index (Phi) is 6.52. The third-order valence-corrected chi connectivity index (χ3v) is 6.58. The number of aromatic nitrogens is 4.